The van der Waals surface area contributed by atoms with Gasteiger partial charge in [0, 0.05) is 4.47 Å². The van der Waals surface area contributed by atoms with Crippen molar-refractivity contribution in [1.29, 1.82) is 0 Å². The van der Waals surface area contributed by atoms with Crippen molar-refractivity contribution in [1.82, 2.24) is 5.32 Å². The number of carbonyl (C=O) groups is 1. The van der Waals surface area contributed by atoms with Crippen LogP contribution in [0.5, 0.6) is 0 Å². The molecule has 2 N–H and O–H groups in total. The molecular formula is C12H15BrN2O. The second kappa shape index (κ2) is 3.77. The van der Waals surface area contributed by atoms with Gasteiger partial charge in [0.1, 0.15) is 0 Å². The van der Waals surface area contributed by atoms with Crippen LogP contribution in [0.2, 0.25) is 0 Å². The lowest BCUT2D eigenvalue weighted by Crippen LogP contribution is -2.43. The maximum atomic E-state index is 11.6. The predicted octanol–water partition coefficient (Wildman–Crippen LogP) is 3.67. The van der Waals surface area contributed by atoms with E-state index in [0.29, 0.717) is 0 Å². The number of benzene rings is 1. The number of rotatable bonds is 0. The largest absolute Gasteiger partial charge is 0.330 e. The minimum atomic E-state index is -0.140. The normalized spacial score (nSPS) is 19.8. The summed E-state index contributed by atoms with van der Waals surface area (Å²) >= 11 is 3.46. The summed E-state index contributed by atoms with van der Waals surface area (Å²) in [5, 5.41) is 5.80. The van der Waals surface area contributed by atoms with Gasteiger partial charge in [0.15, 0.2) is 0 Å². The number of hydrogen-bond donors (Lipinski definition) is 2. The number of amides is 2. The monoisotopic (exact) mass is 282 g/mol. The van der Waals surface area contributed by atoms with Crippen LogP contribution in [-0.4, -0.2) is 6.03 Å². The Bertz CT molecular complexity index is 437. The Morgan fingerprint density at radius 2 is 2.00 bits per heavy atom. The number of para-hydroxylation sites is 1. The lowest BCUT2D eigenvalue weighted by Gasteiger charge is -2.36. The van der Waals surface area contributed by atoms with Gasteiger partial charge in [-0.2, -0.15) is 0 Å². The van der Waals surface area contributed by atoms with Crippen molar-refractivity contribution in [3.8, 4) is 0 Å². The molecule has 2 amide bonds. The smallest absolute Gasteiger partial charge is 0.319 e. The lowest BCUT2D eigenvalue weighted by molar-refractivity contribution is 0.226. The predicted molar refractivity (Wildman–Crippen MR) is 68.5 cm³/mol. The van der Waals surface area contributed by atoms with Crippen molar-refractivity contribution >= 4 is 27.6 Å². The van der Waals surface area contributed by atoms with Gasteiger partial charge in [0.25, 0.3) is 0 Å². The van der Waals surface area contributed by atoms with E-state index in [1.807, 2.05) is 18.2 Å². The first-order valence-electron chi connectivity index (χ1n) is 5.25. The van der Waals surface area contributed by atoms with Crippen LogP contribution in [0, 0.1) is 5.41 Å². The van der Waals surface area contributed by atoms with E-state index < -0.39 is 0 Å². The summed E-state index contributed by atoms with van der Waals surface area (Å²) in [6.07, 6.45) is 0. The molecule has 4 heteroatoms. The average Bonchev–Trinajstić information content (AvgIpc) is 2.17. The molecule has 0 spiro atoms. The molecule has 16 heavy (non-hydrogen) atoms. The van der Waals surface area contributed by atoms with Gasteiger partial charge in [0.05, 0.1) is 11.7 Å². The van der Waals surface area contributed by atoms with Crippen LogP contribution in [0.3, 0.4) is 0 Å². The van der Waals surface area contributed by atoms with Gasteiger partial charge in [-0.15, -0.1) is 0 Å². The van der Waals surface area contributed by atoms with E-state index in [-0.39, 0.29) is 17.5 Å². The molecule has 2 rings (SSSR count). The maximum absolute atomic E-state index is 11.6. The van der Waals surface area contributed by atoms with Crippen LogP contribution >= 0.6 is 15.9 Å². The highest BCUT2D eigenvalue weighted by Crippen LogP contribution is 2.41. The number of hydrogen-bond acceptors (Lipinski definition) is 1. The third-order valence-corrected chi connectivity index (χ3v) is 3.40. The summed E-state index contributed by atoms with van der Waals surface area (Å²) in [6, 6.07) is 5.86. The van der Waals surface area contributed by atoms with E-state index in [0.717, 1.165) is 15.7 Å². The number of urea groups is 1. The van der Waals surface area contributed by atoms with E-state index in [9.17, 15) is 4.79 Å². The topological polar surface area (TPSA) is 41.1 Å². The first-order valence-corrected chi connectivity index (χ1v) is 6.05. The number of fused-ring (bicyclic) bond motifs is 1. The average molecular weight is 283 g/mol. The Morgan fingerprint density at radius 3 is 2.62 bits per heavy atom. The van der Waals surface area contributed by atoms with E-state index in [2.05, 4.69) is 47.3 Å². The SMILES string of the molecule is CC(C)(C)C1NC(=O)Nc2c(Br)cccc21. The van der Waals surface area contributed by atoms with Crippen molar-refractivity contribution in [2.45, 2.75) is 26.8 Å². The fourth-order valence-corrected chi connectivity index (χ4v) is 2.44. The Labute approximate surface area is 104 Å². The van der Waals surface area contributed by atoms with Crippen LogP contribution in [0.25, 0.3) is 0 Å². The molecule has 1 atom stereocenters. The third kappa shape index (κ3) is 1.94. The zero-order valence-corrected chi connectivity index (χ0v) is 11.2. The van der Waals surface area contributed by atoms with Crippen LogP contribution in [0.1, 0.15) is 32.4 Å². The summed E-state index contributed by atoms with van der Waals surface area (Å²) in [7, 11) is 0. The number of carbonyl (C=O) groups excluding carboxylic acids is 1. The molecule has 1 unspecified atom stereocenters. The fourth-order valence-electron chi connectivity index (χ4n) is 1.95. The standard InChI is InChI=1S/C12H15BrN2O/c1-12(2,3)10-7-5-4-6-8(13)9(7)14-11(16)15-10/h4-6,10H,1-3H3,(H2,14,15,16). The van der Waals surface area contributed by atoms with E-state index in [1.54, 1.807) is 0 Å². The molecule has 0 saturated carbocycles. The number of nitrogens with one attached hydrogen (secondary N) is 2. The van der Waals surface area contributed by atoms with Gasteiger partial charge in [0.2, 0.25) is 0 Å². The summed E-state index contributed by atoms with van der Waals surface area (Å²) in [5.74, 6) is 0. The lowest BCUT2D eigenvalue weighted by atomic mass is 9.81. The molecule has 0 fully saturated rings. The van der Waals surface area contributed by atoms with Gasteiger partial charge < -0.3 is 10.6 Å². The zero-order chi connectivity index (χ0) is 11.9. The van der Waals surface area contributed by atoms with Gasteiger partial charge in [-0.25, -0.2) is 4.79 Å². The molecule has 86 valence electrons. The van der Waals surface area contributed by atoms with Gasteiger partial charge in [-0.05, 0) is 33.0 Å². The van der Waals surface area contributed by atoms with Crippen molar-refractivity contribution in [3.05, 3.63) is 28.2 Å². The highest BCUT2D eigenvalue weighted by atomic mass is 79.9. The van der Waals surface area contributed by atoms with Crippen LogP contribution in [0.15, 0.2) is 22.7 Å². The van der Waals surface area contributed by atoms with E-state index in [4.69, 9.17) is 0 Å². The second-order valence-electron chi connectivity index (χ2n) is 5.10. The molecule has 0 saturated heterocycles. The van der Waals surface area contributed by atoms with E-state index >= 15 is 0 Å². The summed E-state index contributed by atoms with van der Waals surface area (Å²) in [4.78, 5) is 11.6. The summed E-state index contributed by atoms with van der Waals surface area (Å²) in [6.45, 7) is 6.36. The molecule has 3 nitrogen and oxygen atoms in total. The second-order valence-corrected chi connectivity index (χ2v) is 5.96. The molecule has 1 aromatic rings. The van der Waals surface area contributed by atoms with Gasteiger partial charge >= 0.3 is 6.03 Å². The van der Waals surface area contributed by atoms with Crippen molar-refractivity contribution in [2.75, 3.05) is 5.32 Å². The molecule has 1 aliphatic rings. The molecule has 0 radical (unpaired) electrons. The molecule has 0 aromatic heterocycles. The Balaban J connectivity index is 2.55. The third-order valence-electron chi connectivity index (χ3n) is 2.74. The highest BCUT2D eigenvalue weighted by Gasteiger charge is 2.33. The Kier molecular flexibility index (Phi) is 2.70. The van der Waals surface area contributed by atoms with Crippen LogP contribution in [0.4, 0.5) is 10.5 Å². The van der Waals surface area contributed by atoms with Gasteiger partial charge in [-0.3, -0.25) is 0 Å². The minimum absolute atomic E-state index is 0.00664. The summed E-state index contributed by atoms with van der Waals surface area (Å²) < 4.78 is 0.925. The first kappa shape index (κ1) is 11.5. The Morgan fingerprint density at radius 1 is 1.31 bits per heavy atom. The number of anilines is 1. The molecular weight excluding hydrogens is 268 g/mol. The first-order chi connectivity index (χ1) is 7.39. The molecule has 0 aliphatic carbocycles. The molecule has 1 heterocycles. The maximum Gasteiger partial charge on any atom is 0.319 e. The molecule has 1 aliphatic heterocycles. The van der Waals surface area contributed by atoms with Crippen LogP contribution in [-0.2, 0) is 0 Å². The zero-order valence-electron chi connectivity index (χ0n) is 9.60. The number of halogens is 1. The highest BCUT2D eigenvalue weighted by molar-refractivity contribution is 9.10. The van der Waals surface area contributed by atoms with Crippen molar-refractivity contribution in [3.63, 3.8) is 0 Å². The molecule has 0 bridgehead atoms. The summed E-state index contributed by atoms with van der Waals surface area (Å²) in [5.41, 5.74) is 2.00. The molecule has 1 aromatic carbocycles. The van der Waals surface area contributed by atoms with E-state index in [1.165, 1.54) is 0 Å². The minimum Gasteiger partial charge on any atom is -0.330 e. The van der Waals surface area contributed by atoms with Gasteiger partial charge in [-0.1, -0.05) is 32.9 Å². The van der Waals surface area contributed by atoms with Crippen molar-refractivity contribution < 1.29 is 4.79 Å². The fraction of sp³-hybridized carbons (Fsp3) is 0.417. The Hall–Kier alpha value is -1.03. The van der Waals surface area contributed by atoms with Crippen molar-refractivity contribution in [2.24, 2.45) is 5.41 Å². The quantitative estimate of drug-likeness (QED) is 0.749. The van der Waals surface area contributed by atoms with Crippen LogP contribution < -0.4 is 10.6 Å².